The van der Waals surface area contributed by atoms with Crippen LogP contribution in [0, 0.1) is 6.92 Å². The molecule has 0 saturated carbocycles. The van der Waals surface area contributed by atoms with E-state index in [1.807, 2.05) is 67.6 Å². The maximum absolute atomic E-state index is 14.0. The predicted octanol–water partition coefficient (Wildman–Crippen LogP) is 7.23. The van der Waals surface area contributed by atoms with Crippen molar-refractivity contribution < 1.29 is 14.3 Å². The molecule has 0 atom stereocenters. The fourth-order valence-electron chi connectivity index (χ4n) is 4.76. The number of benzene rings is 3. The minimum atomic E-state index is -2.08. The van der Waals surface area contributed by atoms with Gasteiger partial charge in [0.2, 0.25) is 5.78 Å². The molecule has 37 heavy (non-hydrogen) atoms. The van der Waals surface area contributed by atoms with Crippen LogP contribution in [0.2, 0.25) is 0 Å². The first-order chi connectivity index (χ1) is 17.7. The fourth-order valence-corrected chi connectivity index (χ4v) is 5.05. The molecule has 1 aromatic heterocycles. The van der Waals surface area contributed by atoms with E-state index < -0.39 is 9.58 Å². The van der Waals surface area contributed by atoms with Gasteiger partial charge >= 0.3 is 0 Å². The number of amides is 1. The topological polar surface area (TPSA) is 51.5 Å². The first kappa shape index (κ1) is 25.4. The minimum Gasteiger partial charge on any atom is -0.496 e. The van der Waals surface area contributed by atoms with E-state index in [9.17, 15) is 9.59 Å². The first-order valence-electron chi connectivity index (χ1n) is 11.6. The number of rotatable bonds is 4. The second-order valence-electron chi connectivity index (χ2n) is 8.87. The van der Waals surface area contributed by atoms with Crippen LogP contribution in [0.3, 0.4) is 0 Å². The van der Waals surface area contributed by atoms with Crippen molar-refractivity contribution in [2.24, 2.45) is 0 Å². The van der Waals surface area contributed by atoms with Crippen molar-refractivity contribution in [2.75, 3.05) is 12.0 Å². The van der Waals surface area contributed by atoms with Crippen LogP contribution >= 0.6 is 34.8 Å². The largest absolute Gasteiger partial charge is 0.496 e. The second-order valence-corrected chi connectivity index (χ2v) is 11.2. The molecule has 0 N–H and O–H groups in total. The van der Waals surface area contributed by atoms with Gasteiger partial charge in [0.05, 0.1) is 31.5 Å². The summed E-state index contributed by atoms with van der Waals surface area (Å²) in [7, 11) is 1.56. The highest BCUT2D eigenvalue weighted by Gasteiger charge is 2.36. The maximum Gasteiger partial charge on any atom is 0.262 e. The van der Waals surface area contributed by atoms with E-state index in [-0.39, 0.29) is 18.1 Å². The average Bonchev–Trinajstić information content (AvgIpc) is 3.19. The molecule has 3 aromatic carbocycles. The number of para-hydroxylation sites is 1. The van der Waals surface area contributed by atoms with Gasteiger partial charge < -0.3 is 14.2 Å². The molecule has 1 aliphatic rings. The van der Waals surface area contributed by atoms with Gasteiger partial charge in [-0.3, -0.25) is 9.59 Å². The van der Waals surface area contributed by atoms with Crippen LogP contribution in [0.25, 0.3) is 11.1 Å². The number of ether oxygens (including phenoxy) is 1. The lowest BCUT2D eigenvalue weighted by molar-refractivity contribution is 0.0978. The fraction of sp³-hybridized carbons (Fsp3) is 0.172. The van der Waals surface area contributed by atoms with Gasteiger partial charge in [0, 0.05) is 11.4 Å². The third-order valence-corrected chi connectivity index (χ3v) is 7.14. The molecular formula is C29H23Cl3N2O3. The number of hydrogen-bond acceptors (Lipinski definition) is 3. The molecule has 4 aromatic rings. The first-order valence-corrected chi connectivity index (χ1v) is 12.8. The highest BCUT2D eigenvalue weighted by atomic mass is 35.6. The van der Waals surface area contributed by atoms with Gasteiger partial charge in [-0.05, 0) is 59.5 Å². The number of halogens is 3. The summed E-state index contributed by atoms with van der Waals surface area (Å²) in [6, 6.07) is 24.7. The molecule has 0 unspecified atom stereocenters. The summed E-state index contributed by atoms with van der Waals surface area (Å²) >= 11 is 17.7. The van der Waals surface area contributed by atoms with E-state index in [4.69, 9.17) is 39.5 Å². The van der Waals surface area contributed by atoms with Crippen LogP contribution in [-0.4, -0.2) is 27.2 Å². The van der Waals surface area contributed by atoms with Gasteiger partial charge in [0.15, 0.2) is 0 Å². The molecule has 0 saturated heterocycles. The Hall–Kier alpha value is -3.25. The summed E-state index contributed by atoms with van der Waals surface area (Å²) in [4.78, 5) is 28.5. The van der Waals surface area contributed by atoms with Crippen molar-refractivity contribution in [1.29, 1.82) is 0 Å². The summed E-state index contributed by atoms with van der Waals surface area (Å²) in [5, 5.41) is 0. The third-order valence-electron chi connectivity index (χ3n) is 6.63. The van der Waals surface area contributed by atoms with Gasteiger partial charge in [-0.2, -0.15) is 0 Å². The molecule has 0 radical (unpaired) electrons. The molecule has 1 amide bonds. The molecule has 0 spiro atoms. The van der Waals surface area contributed by atoms with Crippen LogP contribution in [0.4, 0.5) is 5.69 Å². The predicted molar refractivity (Wildman–Crippen MR) is 148 cm³/mol. The van der Waals surface area contributed by atoms with Crippen LogP contribution in [0.1, 0.15) is 37.7 Å². The number of fused-ring (bicyclic) bond motifs is 2. The summed E-state index contributed by atoms with van der Waals surface area (Å²) < 4.78 is 5.40. The quantitative estimate of drug-likeness (QED) is 0.198. The molecular weight excluding hydrogens is 531 g/mol. The Morgan fingerprint density at radius 1 is 0.892 bits per heavy atom. The van der Waals surface area contributed by atoms with Crippen LogP contribution < -0.4 is 9.64 Å². The normalized spacial score (nSPS) is 12.9. The van der Waals surface area contributed by atoms with Gasteiger partial charge in [-0.1, -0.05) is 83.3 Å². The van der Waals surface area contributed by atoms with E-state index in [2.05, 4.69) is 0 Å². The summed E-state index contributed by atoms with van der Waals surface area (Å²) in [5.41, 5.74) is 6.23. The smallest absolute Gasteiger partial charge is 0.262 e. The molecule has 5 rings (SSSR count). The van der Waals surface area contributed by atoms with Crippen molar-refractivity contribution in [2.45, 2.75) is 23.8 Å². The highest BCUT2D eigenvalue weighted by molar-refractivity contribution is 6.77. The summed E-state index contributed by atoms with van der Waals surface area (Å²) in [6.07, 6.45) is 0. The Labute approximate surface area is 230 Å². The van der Waals surface area contributed by atoms with Crippen LogP contribution in [0.5, 0.6) is 5.75 Å². The number of ketones is 1. The Morgan fingerprint density at radius 2 is 1.62 bits per heavy atom. The zero-order valence-electron chi connectivity index (χ0n) is 20.2. The average molecular weight is 554 g/mol. The Bertz CT molecular complexity index is 1520. The highest BCUT2D eigenvalue weighted by Crippen LogP contribution is 2.36. The number of aromatic nitrogens is 1. The van der Waals surface area contributed by atoms with Crippen molar-refractivity contribution >= 4 is 52.2 Å². The van der Waals surface area contributed by atoms with Crippen molar-refractivity contribution in [1.82, 2.24) is 4.57 Å². The van der Waals surface area contributed by atoms with Crippen LogP contribution in [-0.2, 0) is 13.1 Å². The van der Waals surface area contributed by atoms with E-state index >= 15 is 0 Å². The number of Topliss-reactive ketones (excluding diaryl/α,β-unsaturated/α-hetero) is 1. The second kappa shape index (κ2) is 9.90. The number of alkyl halides is 3. The Balaban J connectivity index is 1.57. The number of aryl methyl sites for hydroxylation is 1. The van der Waals surface area contributed by atoms with E-state index in [0.29, 0.717) is 17.9 Å². The summed E-state index contributed by atoms with van der Waals surface area (Å²) in [6.45, 7) is 2.63. The van der Waals surface area contributed by atoms with Crippen LogP contribution in [0.15, 0.2) is 78.9 Å². The number of carbonyl (C=O) groups excluding carboxylic acids is 2. The van der Waals surface area contributed by atoms with Gasteiger partial charge in [-0.25, -0.2) is 0 Å². The minimum absolute atomic E-state index is 0.218. The Morgan fingerprint density at radius 3 is 2.35 bits per heavy atom. The maximum atomic E-state index is 14.0. The molecule has 0 aliphatic carbocycles. The number of carbonyl (C=O) groups is 2. The Kier molecular flexibility index (Phi) is 6.80. The molecule has 0 fully saturated rings. The molecule has 0 bridgehead atoms. The lowest BCUT2D eigenvalue weighted by Gasteiger charge is -2.24. The SMILES string of the molecule is COc1cc(-c2ccccc2C)ccc1C(=O)N1Cc2ccc(C(=O)C(Cl)(Cl)Cl)n2Cc2ccccc21. The molecule has 1 aliphatic heterocycles. The van der Waals surface area contributed by atoms with E-state index in [1.165, 1.54) is 0 Å². The molecule has 188 valence electrons. The number of nitrogens with zero attached hydrogens (tertiary/aromatic N) is 2. The van der Waals surface area contributed by atoms with E-state index in [0.717, 1.165) is 33.6 Å². The number of anilines is 1. The van der Waals surface area contributed by atoms with Crippen molar-refractivity contribution in [3.8, 4) is 16.9 Å². The molecule has 5 nitrogen and oxygen atoms in total. The van der Waals surface area contributed by atoms with Crippen molar-refractivity contribution in [3.05, 3.63) is 107 Å². The molecule has 2 heterocycles. The summed E-state index contributed by atoms with van der Waals surface area (Å²) in [5.74, 6) is -0.353. The van der Waals surface area contributed by atoms with E-state index in [1.54, 1.807) is 34.8 Å². The van der Waals surface area contributed by atoms with Gasteiger partial charge in [-0.15, -0.1) is 0 Å². The van der Waals surface area contributed by atoms with Gasteiger partial charge in [0.25, 0.3) is 9.70 Å². The third kappa shape index (κ3) is 4.75. The standard InChI is InChI=1S/C29H23Cl3N2O3/c1-18-7-3-5-9-22(18)19-11-13-23(26(15-19)37-2)28(36)34-17-21-12-14-25(27(35)29(30,31)32)33(21)16-20-8-4-6-10-24(20)34/h3-15H,16-17H2,1-2H3. The lowest BCUT2D eigenvalue weighted by Crippen LogP contribution is -2.31. The van der Waals surface area contributed by atoms with Gasteiger partial charge in [0.1, 0.15) is 5.75 Å². The van der Waals surface area contributed by atoms with Crippen molar-refractivity contribution in [3.63, 3.8) is 0 Å². The monoisotopic (exact) mass is 552 g/mol. The molecule has 8 heteroatoms. The number of methoxy groups -OCH3 is 1. The zero-order valence-corrected chi connectivity index (χ0v) is 22.4. The zero-order chi connectivity index (χ0) is 26.3. The number of hydrogen-bond donors (Lipinski definition) is 0. The lowest BCUT2D eigenvalue weighted by atomic mass is 9.98.